The molecular weight excluding hydrogens is 380 g/mol. The summed E-state index contributed by atoms with van der Waals surface area (Å²) in [6.07, 6.45) is 8.69. The number of carbonyl (C=O) groups excluding carboxylic acids is 3. The van der Waals surface area contributed by atoms with Crippen LogP contribution >= 0.6 is 0 Å². The Morgan fingerprint density at radius 2 is 2.00 bits per heavy atom. The van der Waals surface area contributed by atoms with Crippen LogP contribution in [0.4, 0.5) is 0 Å². The second-order valence-corrected chi connectivity index (χ2v) is 10.5. The average molecular weight is 415 g/mol. The Labute approximate surface area is 178 Å². The Morgan fingerprint density at radius 3 is 2.70 bits per heavy atom. The van der Waals surface area contributed by atoms with Crippen LogP contribution in [0.2, 0.25) is 0 Å². The van der Waals surface area contributed by atoms with Gasteiger partial charge in [-0.3, -0.25) is 14.4 Å². The zero-order valence-corrected chi connectivity index (χ0v) is 18.5. The van der Waals surface area contributed by atoms with Crippen LogP contribution in [0.5, 0.6) is 0 Å². The molecular formula is C25H34O5. The van der Waals surface area contributed by atoms with Crippen molar-refractivity contribution in [3.63, 3.8) is 0 Å². The molecule has 4 rings (SSSR count). The Hall–Kier alpha value is -1.75. The number of ketones is 2. The number of esters is 1. The van der Waals surface area contributed by atoms with Crippen LogP contribution in [0.3, 0.4) is 0 Å². The van der Waals surface area contributed by atoms with Gasteiger partial charge in [-0.1, -0.05) is 32.4 Å². The first kappa shape index (κ1) is 21.5. The van der Waals surface area contributed by atoms with Crippen LogP contribution in [0.15, 0.2) is 23.8 Å². The molecule has 0 aromatic rings. The van der Waals surface area contributed by atoms with E-state index in [-0.39, 0.29) is 59.0 Å². The lowest BCUT2D eigenvalue weighted by molar-refractivity contribution is -0.146. The van der Waals surface area contributed by atoms with Crippen molar-refractivity contribution in [1.29, 1.82) is 0 Å². The van der Waals surface area contributed by atoms with Gasteiger partial charge in [0.2, 0.25) is 0 Å². The monoisotopic (exact) mass is 414 g/mol. The molecule has 5 nitrogen and oxygen atoms in total. The molecule has 0 spiro atoms. The fourth-order valence-electron chi connectivity index (χ4n) is 7.86. The maximum atomic E-state index is 13.2. The highest BCUT2D eigenvalue weighted by Gasteiger charge is 2.64. The molecule has 0 heterocycles. The maximum Gasteiger partial charge on any atom is 0.305 e. The molecule has 0 aromatic heterocycles. The van der Waals surface area contributed by atoms with Crippen LogP contribution in [0.25, 0.3) is 0 Å². The van der Waals surface area contributed by atoms with E-state index in [4.69, 9.17) is 4.74 Å². The molecule has 0 aliphatic heterocycles. The predicted octanol–water partition coefficient (Wildman–Crippen LogP) is 3.65. The van der Waals surface area contributed by atoms with E-state index in [9.17, 15) is 19.5 Å². The molecule has 4 aliphatic rings. The van der Waals surface area contributed by atoms with Crippen molar-refractivity contribution >= 4 is 17.5 Å². The summed E-state index contributed by atoms with van der Waals surface area (Å²) in [5, 5.41) is 11.4. The standard InChI is InChI=1S/C25H34O5/c1-14-11-18-17-6-5-15-12-16(26)9-10-24(15,2)23(17)20(28)13-25(18,3)22(14)19(27)7-8-21(29)30-4/h9-10,12,14,17-18,20,22-23,28H,5-8,11,13H2,1-4H3/t14-,17+,18+,20+,22-,23-,24+,25+/m1/s1. The van der Waals surface area contributed by atoms with Gasteiger partial charge in [0.05, 0.1) is 19.6 Å². The van der Waals surface area contributed by atoms with Gasteiger partial charge in [0.25, 0.3) is 0 Å². The van der Waals surface area contributed by atoms with Crippen LogP contribution in [0.1, 0.15) is 59.3 Å². The lowest BCUT2D eigenvalue weighted by Gasteiger charge is -2.58. The molecule has 5 heteroatoms. The fraction of sp³-hybridized carbons (Fsp3) is 0.720. The van der Waals surface area contributed by atoms with Crippen molar-refractivity contribution < 1.29 is 24.2 Å². The molecule has 1 N–H and O–H groups in total. The maximum absolute atomic E-state index is 13.2. The third kappa shape index (κ3) is 3.12. The van der Waals surface area contributed by atoms with Gasteiger partial charge in [0.1, 0.15) is 5.78 Å². The third-order valence-electron chi connectivity index (χ3n) is 8.99. The summed E-state index contributed by atoms with van der Waals surface area (Å²) in [4.78, 5) is 36.7. The van der Waals surface area contributed by atoms with Gasteiger partial charge in [0, 0.05) is 23.7 Å². The van der Waals surface area contributed by atoms with Gasteiger partial charge in [0.15, 0.2) is 5.78 Å². The van der Waals surface area contributed by atoms with Gasteiger partial charge in [-0.2, -0.15) is 0 Å². The Morgan fingerprint density at radius 1 is 1.27 bits per heavy atom. The third-order valence-corrected chi connectivity index (χ3v) is 8.99. The van der Waals surface area contributed by atoms with Crippen molar-refractivity contribution in [2.45, 2.75) is 65.4 Å². The van der Waals surface area contributed by atoms with Gasteiger partial charge in [-0.15, -0.1) is 0 Å². The van der Waals surface area contributed by atoms with E-state index < -0.39 is 6.10 Å². The molecule has 3 saturated carbocycles. The highest BCUT2D eigenvalue weighted by atomic mass is 16.5. The molecule has 0 bridgehead atoms. The van der Waals surface area contributed by atoms with Crippen molar-refractivity contribution in [3.05, 3.63) is 23.8 Å². The zero-order chi connectivity index (χ0) is 21.8. The highest BCUT2D eigenvalue weighted by Crippen LogP contribution is 2.67. The SMILES string of the molecule is COC(=O)CCC(=O)[C@H]1[C@H](C)C[C@H]2[C@@H]3CCC4=CC(=O)C=C[C@]4(C)[C@H]3[C@@H](O)C[C@@]21C. The van der Waals surface area contributed by atoms with E-state index >= 15 is 0 Å². The topological polar surface area (TPSA) is 80.7 Å². The van der Waals surface area contributed by atoms with E-state index in [0.717, 1.165) is 24.8 Å². The molecule has 30 heavy (non-hydrogen) atoms. The number of Topliss-reactive ketones (excluding diaryl/α,β-unsaturated/α-hetero) is 1. The van der Waals surface area contributed by atoms with E-state index in [1.165, 1.54) is 7.11 Å². The zero-order valence-electron chi connectivity index (χ0n) is 18.5. The fourth-order valence-corrected chi connectivity index (χ4v) is 7.86. The number of aliphatic hydroxyl groups is 1. The van der Waals surface area contributed by atoms with Crippen LogP contribution in [-0.2, 0) is 19.1 Å². The molecule has 0 aromatic carbocycles. The first-order chi connectivity index (χ1) is 14.1. The summed E-state index contributed by atoms with van der Waals surface area (Å²) in [6, 6.07) is 0. The van der Waals surface area contributed by atoms with Gasteiger partial charge in [-0.05, 0) is 61.0 Å². The summed E-state index contributed by atoms with van der Waals surface area (Å²) in [5.74, 6) is 0.724. The molecule has 4 aliphatic carbocycles. The first-order valence-electron chi connectivity index (χ1n) is 11.3. The van der Waals surface area contributed by atoms with Crippen LogP contribution < -0.4 is 0 Å². The van der Waals surface area contributed by atoms with Crippen molar-refractivity contribution in [2.75, 3.05) is 7.11 Å². The van der Waals surface area contributed by atoms with E-state index in [1.54, 1.807) is 12.2 Å². The first-order valence-corrected chi connectivity index (χ1v) is 11.3. The van der Waals surface area contributed by atoms with Crippen LogP contribution in [0, 0.1) is 40.4 Å². The Bertz CT molecular complexity index is 825. The number of aliphatic hydroxyl groups excluding tert-OH is 1. The highest BCUT2D eigenvalue weighted by molar-refractivity contribution is 6.01. The Balaban J connectivity index is 1.62. The number of ether oxygens (including phenoxy) is 1. The van der Waals surface area contributed by atoms with Gasteiger partial charge >= 0.3 is 5.97 Å². The summed E-state index contributed by atoms with van der Waals surface area (Å²) >= 11 is 0. The summed E-state index contributed by atoms with van der Waals surface area (Å²) in [6.45, 7) is 6.51. The quantitative estimate of drug-likeness (QED) is 0.710. The molecule has 0 radical (unpaired) electrons. The smallest absolute Gasteiger partial charge is 0.305 e. The van der Waals surface area contributed by atoms with Crippen LogP contribution in [-0.4, -0.2) is 35.9 Å². The lowest BCUT2D eigenvalue weighted by Crippen LogP contribution is -2.56. The molecule has 164 valence electrons. The second kappa shape index (κ2) is 7.44. The number of hydrogen-bond donors (Lipinski definition) is 1. The normalized spacial score (nSPS) is 44.6. The van der Waals surface area contributed by atoms with Gasteiger partial charge < -0.3 is 9.84 Å². The summed E-state index contributed by atoms with van der Waals surface area (Å²) < 4.78 is 4.71. The van der Waals surface area contributed by atoms with E-state index in [1.807, 2.05) is 6.08 Å². The molecule has 0 unspecified atom stereocenters. The number of hydrogen-bond acceptors (Lipinski definition) is 5. The van der Waals surface area contributed by atoms with Crippen molar-refractivity contribution in [3.8, 4) is 0 Å². The number of rotatable bonds is 4. The molecule has 0 amide bonds. The largest absolute Gasteiger partial charge is 0.469 e. The molecule has 8 atom stereocenters. The number of carbonyl (C=O) groups is 3. The number of allylic oxidation sites excluding steroid dienone is 4. The van der Waals surface area contributed by atoms with Crippen molar-refractivity contribution in [1.82, 2.24) is 0 Å². The Kier molecular flexibility index (Phi) is 5.32. The average Bonchev–Trinajstić information content (AvgIpc) is 2.95. The minimum Gasteiger partial charge on any atom is -0.469 e. The summed E-state index contributed by atoms with van der Waals surface area (Å²) in [7, 11) is 1.35. The molecule has 3 fully saturated rings. The van der Waals surface area contributed by atoms with E-state index in [2.05, 4.69) is 20.8 Å². The predicted molar refractivity (Wildman–Crippen MR) is 112 cm³/mol. The number of fused-ring (bicyclic) bond motifs is 5. The van der Waals surface area contributed by atoms with Gasteiger partial charge in [-0.25, -0.2) is 0 Å². The van der Waals surface area contributed by atoms with Crippen molar-refractivity contribution in [2.24, 2.45) is 40.4 Å². The minimum absolute atomic E-state index is 0.0433. The van der Waals surface area contributed by atoms with E-state index in [0.29, 0.717) is 18.3 Å². The lowest BCUT2D eigenvalue weighted by atomic mass is 9.46. The molecule has 0 saturated heterocycles. The minimum atomic E-state index is -0.510. The second-order valence-electron chi connectivity index (χ2n) is 10.5. The summed E-state index contributed by atoms with van der Waals surface area (Å²) in [5.41, 5.74) is 0.614. The number of methoxy groups -OCH3 is 1.